The number of phenolic OH excluding ortho intramolecular Hbond substituents is 1. The average Bonchev–Trinajstić information content (AvgIpc) is 2.17. The monoisotopic (exact) mass is 222 g/mol. The minimum absolute atomic E-state index is 0.0608. The van der Waals surface area contributed by atoms with E-state index in [2.05, 4.69) is 5.32 Å². The van der Waals surface area contributed by atoms with Gasteiger partial charge in [-0.05, 0) is 18.2 Å². The normalized spacial score (nSPS) is 11.2. The summed E-state index contributed by atoms with van der Waals surface area (Å²) in [6.07, 6.45) is 0. The van der Waals surface area contributed by atoms with Crippen LogP contribution in [0.25, 0.3) is 0 Å². The molecule has 0 saturated carbocycles. The molecule has 0 bridgehead atoms. The predicted molar refractivity (Wildman–Crippen MR) is 63.8 cm³/mol. The topological polar surface area (TPSA) is 75.4 Å². The van der Waals surface area contributed by atoms with Gasteiger partial charge in [0.1, 0.15) is 5.75 Å². The number of amides is 1. The number of nitrogens with one attached hydrogen (secondary N) is 1. The number of rotatable bonds is 2. The lowest BCUT2D eigenvalue weighted by Gasteiger charge is -2.18. The minimum Gasteiger partial charge on any atom is -0.508 e. The molecular weight excluding hydrogens is 204 g/mol. The molecule has 1 aromatic rings. The van der Waals surface area contributed by atoms with Gasteiger partial charge in [-0.1, -0.05) is 20.8 Å². The molecule has 0 radical (unpaired) electrons. The zero-order valence-corrected chi connectivity index (χ0v) is 9.87. The second-order valence-electron chi connectivity index (χ2n) is 4.82. The summed E-state index contributed by atoms with van der Waals surface area (Å²) < 4.78 is 0. The molecule has 0 aliphatic heterocycles. The van der Waals surface area contributed by atoms with Crippen molar-refractivity contribution in [1.82, 2.24) is 5.32 Å². The second-order valence-corrected chi connectivity index (χ2v) is 4.82. The fourth-order valence-electron chi connectivity index (χ4n) is 1.19. The molecule has 0 heterocycles. The summed E-state index contributed by atoms with van der Waals surface area (Å²) in [4.78, 5) is 11.6. The van der Waals surface area contributed by atoms with Crippen LogP contribution in [0.2, 0.25) is 0 Å². The molecular formula is C12H18N2O2. The lowest BCUT2D eigenvalue weighted by atomic mass is 9.95. The van der Waals surface area contributed by atoms with E-state index < -0.39 is 5.41 Å². The van der Waals surface area contributed by atoms with E-state index in [9.17, 15) is 9.90 Å². The minimum atomic E-state index is -0.435. The highest BCUT2D eigenvalue weighted by atomic mass is 16.3. The zero-order chi connectivity index (χ0) is 12.3. The quantitative estimate of drug-likeness (QED) is 0.526. The van der Waals surface area contributed by atoms with Gasteiger partial charge in [-0.25, -0.2) is 0 Å². The number of aromatic hydroxyl groups is 1. The van der Waals surface area contributed by atoms with Crippen LogP contribution in [-0.4, -0.2) is 11.0 Å². The maximum atomic E-state index is 11.6. The van der Waals surface area contributed by atoms with Crippen LogP contribution >= 0.6 is 0 Å². The third-order valence-corrected chi connectivity index (χ3v) is 2.22. The Morgan fingerprint density at radius 2 is 2.06 bits per heavy atom. The predicted octanol–water partition coefficient (Wildman–Crippen LogP) is 1.64. The van der Waals surface area contributed by atoms with Crippen molar-refractivity contribution in [3.63, 3.8) is 0 Å². The Hall–Kier alpha value is -1.71. The number of carbonyl (C=O) groups is 1. The highest BCUT2D eigenvalue weighted by Gasteiger charge is 2.20. The van der Waals surface area contributed by atoms with E-state index in [1.165, 1.54) is 6.07 Å². The van der Waals surface area contributed by atoms with Gasteiger partial charge in [0.2, 0.25) is 5.91 Å². The molecule has 0 aliphatic rings. The highest BCUT2D eigenvalue weighted by Crippen LogP contribution is 2.20. The fraction of sp³-hybridized carbons (Fsp3) is 0.417. The summed E-state index contributed by atoms with van der Waals surface area (Å²) in [7, 11) is 0. The van der Waals surface area contributed by atoms with Gasteiger partial charge in [0.25, 0.3) is 0 Å². The number of hydrogen-bond donors (Lipinski definition) is 3. The van der Waals surface area contributed by atoms with Crippen molar-refractivity contribution in [2.75, 3.05) is 5.73 Å². The fourth-order valence-corrected chi connectivity index (χ4v) is 1.19. The Morgan fingerprint density at radius 3 is 2.62 bits per heavy atom. The Kier molecular flexibility index (Phi) is 3.42. The number of phenols is 1. The summed E-state index contributed by atoms with van der Waals surface area (Å²) >= 11 is 0. The number of carbonyl (C=O) groups excluding carboxylic acids is 1. The van der Waals surface area contributed by atoms with Crippen molar-refractivity contribution in [3.05, 3.63) is 23.8 Å². The first-order valence-electron chi connectivity index (χ1n) is 5.16. The van der Waals surface area contributed by atoms with Crippen LogP contribution < -0.4 is 11.1 Å². The summed E-state index contributed by atoms with van der Waals surface area (Å²) in [5, 5.41) is 12.3. The van der Waals surface area contributed by atoms with Crippen LogP contribution in [0.3, 0.4) is 0 Å². The van der Waals surface area contributed by atoms with Crippen molar-refractivity contribution in [1.29, 1.82) is 0 Å². The lowest BCUT2D eigenvalue weighted by Crippen LogP contribution is -2.34. The Labute approximate surface area is 95.5 Å². The molecule has 0 atom stereocenters. The molecule has 4 heteroatoms. The molecule has 0 spiro atoms. The molecule has 88 valence electrons. The SMILES string of the molecule is CC(C)(C)C(=O)NCc1cc(N)ccc1O. The molecule has 0 aliphatic carbocycles. The lowest BCUT2D eigenvalue weighted by molar-refractivity contribution is -0.128. The second kappa shape index (κ2) is 4.43. The van der Waals surface area contributed by atoms with Gasteiger partial charge in [0.05, 0.1) is 0 Å². The van der Waals surface area contributed by atoms with E-state index in [0.717, 1.165) is 0 Å². The maximum absolute atomic E-state index is 11.6. The third kappa shape index (κ3) is 3.15. The average molecular weight is 222 g/mol. The van der Waals surface area contributed by atoms with Crippen LogP contribution in [0.1, 0.15) is 26.3 Å². The van der Waals surface area contributed by atoms with Crippen molar-refractivity contribution in [2.45, 2.75) is 27.3 Å². The van der Waals surface area contributed by atoms with E-state index >= 15 is 0 Å². The van der Waals surface area contributed by atoms with Crippen LogP contribution in [-0.2, 0) is 11.3 Å². The van der Waals surface area contributed by atoms with Gasteiger partial charge in [-0.15, -0.1) is 0 Å². The van der Waals surface area contributed by atoms with Gasteiger partial charge in [0.15, 0.2) is 0 Å². The van der Waals surface area contributed by atoms with Crippen molar-refractivity contribution in [2.24, 2.45) is 5.41 Å². The third-order valence-electron chi connectivity index (χ3n) is 2.22. The standard InChI is InChI=1S/C12H18N2O2/c1-12(2,3)11(16)14-7-8-6-9(13)4-5-10(8)15/h4-6,15H,7,13H2,1-3H3,(H,14,16). The first-order chi connectivity index (χ1) is 7.30. The van der Waals surface area contributed by atoms with Crippen molar-refractivity contribution >= 4 is 11.6 Å². The van der Waals surface area contributed by atoms with E-state index in [-0.39, 0.29) is 18.2 Å². The highest BCUT2D eigenvalue weighted by molar-refractivity contribution is 5.81. The van der Waals surface area contributed by atoms with E-state index in [4.69, 9.17) is 5.73 Å². The molecule has 0 aromatic heterocycles. The molecule has 4 N–H and O–H groups in total. The summed E-state index contributed by atoms with van der Waals surface area (Å²) in [6, 6.07) is 4.79. The molecule has 1 aromatic carbocycles. The van der Waals surface area contributed by atoms with Gasteiger partial charge in [-0.2, -0.15) is 0 Å². The summed E-state index contributed by atoms with van der Waals surface area (Å²) in [5.41, 5.74) is 6.35. The molecule has 1 amide bonds. The van der Waals surface area contributed by atoms with Gasteiger partial charge >= 0.3 is 0 Å². The van der Waals surface area contributed by atoms with Gasteiger partial charge in [-0.3, -0.25) is 4.79 Å². The van der Waals surface area contributed by atoms with Gasteiger partial charge < -0.3 is 16.2 Å². The van der Waals surface area contributed by atoms with Crippen LogP contribution in [0, 0.1) is 5.41 Å². The maximum Gasteiger partial charge on any atom is 0.225 e. The van der Waals surface area contributed by atoms with E-state index in [1.54, 1.807) is 12.1 Å². The number of hydrogen-bond acceptors (Lipinski definition) is 3. The molecule has 4 nitrogen and oxygen atoms in total. The Bertz CT molecular complexity index is 394. The smallest absolute Gasteiger partial charge is 0.225 e. The van der Waals surface area contributed by atoms with Crippen LogP contribution in [0.5, 0.6) is 5.75 Å². The first-order valence-corrected chi connectivity index (χ1v) is 5.16. The molecule has 16 heavy (non-hydrogen) atoms. The first kappa shape index (κ1) is 12.4. The Morgan fingerprint density at radius 1 is 1.44 bits per heavy atom. The van der Waals surface area contributed by atoms with Crippen LogP contribution in [0.4, 0.5) is 5.69 Å². The van der Waals surface area contributed by atoms with Gasteiger partial charge in [0, 0.05) is 23.2 Å². The summed E-state index contributed by atoms with van der Waals surface area (Å²) in [6.45, 7) is 5.79. The number of nitrogens with two attached hydrogens (primary N) is 1. The molecule has 1 rings (SSSR count). The number of nitrogen functional groups attached to an aromatic ring is 1. The molecule has 0 fully saturated rings. The number of anilines is 1. The van der Waals surface area contributed by atoms with E-state index in [0.29, 0.717) is 11.3 Å². The summed E-state index contributed by atoms with van der Waals surface area (Å²) in [5.74, 6) is 0.0812. The molecule has 0 unspecified atom stereocenters. The zero-order valence-electron chi connectivity index (χ0n) is 9.87. The largest absolute Gasteiger partial charge is 0.508 e. The van der Waals surface area contributed by atoms with Crippen LogP contribution in [0.15, 0.2) is 18.2 Å². The van der Waals surface area contributed by atoms with Crippen molar-refractivity contribution in [3.8, 4) is 5.75 Å². The Balaban J connectivity index is 2.68. The van der Waals surface area contributed by atoms with Crippen molar-refractivity contribution < 1.29 is 9.90 Å². The molecule has 0 saturated heterocycles. The van der Waals surface area contributed by atoms with E-state index in [1.807, 2.05) is 20.8 Å². The number of benzene rings is 1.